The van der Waals surface area contributed by atoms with Crippen molar-refractivity contribution in [1.82, 2.24) is 10.6 Å². The third kappa shape index (κ3) is 2.84. The Balaban J connectivity index is 2.16. The van der Waals surface area contributed by atoms with Gasteiger partial charge < -0.3 is 10.6 Å². The van der Waals surface area contributed by atoms with E-state index < -0.39 is 5.41 Å². The summed E-state index contributed by atoms with van der Waals surface area (Å²) in [6, 6.07) is 9.91. The minimum Gasteiger partial charge on any atom is -0.365 e. The maximum absolute atomic E-state index is 12.3. The molecular formula is C17H22N2O2. The lowest BCUT2D eigenvalue weighted by atomic mass is 9.75. The molecule has 1 aliphatic heterocycles. The van der Waals surface area contributed by atoms with Crippen molar-refractivity contribution in [3.05, 3.63) is 47.8 Å². The zero-order chi connectivity index (χ0) is 15.5. The van der Waals surface area contributed by atoms with Crippen LogP contribution in [0.5, 0.6) is 0 Å². The molecule has 0 spiro atoms. The zero-order valence-electron chi connectivity index (χ0n) is 12.8. The van der Waals surface area contributed by atoms with Gasteiger partial charge in [-0.2, -0.15) is 0 Å². The first kappa shape index (κ1) is 15.3. The zero-order valence-corrected chi connectivity index (χ0v) is 12.8. The quantitative estimate of drug-likeness (QED) is 0.818. The van der Waals surface area contributed by atoms with Crippen molar-refractivity contribution in [3.8, 4) is 0 Å². The van der Waals surface area contributed by atoms with Crippen molar-refractivity contribution in [2.24, 2.45) is 5.41 Å². The molecule has 4 nitrogen and oxygen atoms in total. The summed E-state index contributed by atoms with van der Waals surface area (Å²) < 4.78 is 0. The monoisotopic (exact) mass is 286 g/mol. The highest BCUT2D eigenvalue weighted by Crippen LogP contribution is 2.31. The molecule has 0 saturated carbocycles. The van der Waals surface area contributed by atoms with Crippen LogP contribution < -0.4 is 10.6 Å². The minimum absolute atomic E-state index is 0.0151. The van der Waals surface area contributed by atoms with E-state index in [9.17, 15) is 9.59 Å². The number of hydrogen-bond acceptors (Lipinski definition) is 3. The molecule has 0 fully saturated rings. The fourth-order valence-corrected chi connectivity index (χ4v) is 2.71. The van der Waals surface area contributed by atoms with Crippen LogP contribution in [0, 0.1) is 5.41 Å². The van der Waals surface area contributed by atoms with E-state index in [0.29, 0.717) is 18.7 Å². The first-order chi connectivity index (χ1) is 10.0. The van der Waals surface area contributed by atoms with E-state index in [2.05, 4.69) is 10.6 Å². The van der Waals surface area contributed by atoms with Crippen molar-refractivity contribution in [2.45, 2.75) is 39.7 Å². The van der Waals surface area contributed by atoms with Crippen LogP contribution in [0.1, 0.15) is 45.2 Å². The molecule has 1 aromatic carbocycles. The Morgan fingerprint density at radius 1 is 1.14 bits per heavy atom. The first-order valence-electron chi connectivity index (χ1n) is 7.42. The molecule has 2 N–H and O–H groups in total. The van der Waals surface area contributed by atoms with E-state index in [0.717, 1.165) is 5.56 Å². The molecular weight excluding hydrogens is 264 g/mol. The van der Waals surface area contributed by atoms with Gasteiger partial charge in [-0.3, -0.25) is 9.59 Å². The van der Waals surface area contributed by atoms with Crippen LogP contribution in [0.3, 0.4) is 0 Å². The second-order valence-corrected chi connectivity index (χ2v) is 5.44. The third-order valence-electron chi connectivity index (χ3n) is 4.31. The molecule has 112 valence electrons. The highest BCUT2D eigenvalue weighted by molar-refractivity contribution is 6.13. The van der Waals surface area contributed by atoms with Gasteiger partial charge in [0.05, 0.1) is 0 Å². The van der Waals surface area contributed by atoms with Gasteiger partial charge in [0, 0.05) is 12.1 Å². The molecule has 0 saturated heterocycles. The molecule has 21 heavy (non-hydrogen) atoms. The van der Waals surface area contributed by atoms with Gasteiger partial charge in [0.25, 0.3) is 0 Å². The average molecular weight is 286 g/mol. The second-order valence-electron chi connectivity index (χ2n) is 5.44. The van der Waals surface area contributed by atoms with E-state index in [4.69, 9.17) is 0 Å². The SMILES string of the molecule is CCC1(CC)C(=O)C=C(N[C@H](C)c2ccccc2)NC1=O. The highest BCUT2D eigenvalue weighted by Gasteiger charge is 2.44. The molecule has 1 aromatic rings. The van der Waals surface area contributed by atoms with Gasteiger partial charge in [-0.1, -0.05) is 44.2 Å². The van der Waals surface area contributed by atoms with Crippen LogP contribution in [-0.2, 0) is 9.59 Å². The second kappa shape index (κ2) is 6.12. The largest absolute Gasteiger partial charge is 0.365 e. The highest BCUT2D eigenvalue weighted by atomic mass is 16.2. The van der Waals surface area contributed by atoms with Gasteiger partial charge in [0.2, 0.25) is 5.91 Å². The van der Waals surface area contributed by atoms with Crippen molar-refractivity contribution < 1.29 is 9.59 Å². The van der Waals surface area contributed by atoms with Gasteiger partial charge in [0.15, 0.2) is 5.78 Å². The third-order valence-corrected chi connectivity index (χ3v) is 4.31. The number of carbonyl (C=O) groups is 2. The Kier molecular flexibility index (Phi) is 4.46. The summed E-state index contributed by atoms with van der Waals surface area (Å²) in [7, 11) is 0. The number of ketones is 1. The lowest BCUT2D eigenvalue weighted by Crippen LogP contribution is -2.51. The number of rotatable bonds is 5. The summed E-state index contributed by atoms with van der Waals surface area (Å²) in [5.41, 5.74) is 0.198. The topological polar surface area (TPSA) is 58.2 Å². The number of nitrogens with one attached hydrogen (secondary N) is 2. The average Bonchev–Trinajstić information content (AvgIpc) is 2.49. The van der Waals surface area contributed by atoms with E-state index in [1.165, 1.54) is 6.08 Å². The molecule has 1 aliphatic rings. The van der Waals surface area contributed by atoms with E-state index in [-0.39, 0.29) is 17.7 Å². The number of hydrogen-bond donors (Lipinski definition) is 2. The molecule has 0 radical (unpaired) electrons. The van der Waals surface area contributed by atoms with Crippen LogP contribution in [-0.4, -0.2) is 11.7 Å². The number of carbonyl (C=O) groups excluding carboxylic acids is 2. The lowest BCUT2D eigenvalue weighted by molar-refractivity contribution is -0.141. The van der Waals surface area contributed by atoms with Crippen molar-refractivity contribution in [2.75, 3.05) is 0 Å². The Morgan fingerprint density at radius 2 is 1.76 bits per heavy atom. The van der Waals surface area contributed by atoms with Crippen LogP contribution in [0.15, 0.2) is 42.2 Å². The fourth-order valence-electron chi connectivity index (χ4n) is 2.71. The smallest absolute Gasteiger partial charge is 0.239 e. The van der Waals surface area contributed by atoms with Crippen LogP contribution in [0.4, 0.5) is 0 Å². The number of allylic oxidation sites excluding steroid dienone is 1. The maximum atomic E-state index is 12.3. The minimum atomic E-state index is -0.902. The molecule has 1 heterocycles. The van der Waals surface area contributed by atoms with Gasteiger partial charge in [0.1, 0.15) is 11.2 Å². The van der Waals surface area contributed by atoms with Gasteiger partial charge in [-0.15, -0.1) is 0 Å². The number of amides is 1. The Bertz CT molecular complexity index is 559. The summed E-state index contributed by atoms with van der Waals surface area (Å²) >= 11 is 0. The maximum Gasteiger partial charge on any atom is 0.239 e. The van der Waals surface area contributed by atoms with E-state index in [1.54, 1.807) is 0 Å². The molecule has 0 aliphatic carbocycles. The van der Waals surface area contributed by atoms with E-state index in [1.807, 2.05) is 51.1 Å². The molecule has 0 bridgehead atoms. The van der Waals surface area contributed by atoms with Crippen molar-refractivity contribution in [1.29, 1.82) is 0 Å². The summed E-state index contributed by atoms with van der Waals surface area (Å²) in [4.78, 5) is 24.6. The molecule has 0 aromatic heterocycles. The standard InChI is InChI=1S/C17H22N2O2/c1-4-17(5-2)14(20)11-15(19-16(17)21)18-12(3)13-9-7-6-8-10-13/h6-12,18H,4-5H2,1-3H3,(H,19,21)/t12-/m1/s1. The van der Waals surface area contributed by atoms with Gasteiger partial charge in [-0.05, 0) is 25.3 Å². The summed E-state index contributed by atoms with van der Waals surface area (Å²) in [5, 5.41) is 6.02. The lowest BCUT2D eigenvalue weighted by Gasteiger charge is -2.33. The Labute approximate surface area is 125 Å². The Hall–Kier alpha value is -2.10. The van der Waals surface area contributed by atoms with Crippen LogP contribution in [0.25, 0.3) is 0 Å². The van der Waals surface area contributed by atoms with Crippen LogP contribution >= 0.6 is 0 Å². The molecule has 2 rings (SSSR count). The van der Waals surface area contributed by atoms with Crippen molar-refractivity contribution in [3.63, 3.8) is 0 Å². The van der Waals surface area contributed by atoms with E-state index >= 15 is 0 Å². The fraction of sp³-hybridized carbons (Fsp3) is 0.412. The normalized spacial score (nSPS) is 18.7. The Morgan fingerprint density at radius 3 is 2.29 bits per heavy atom. The molecule has 0 unspecified atom stereocenters. The predicted octanol–water partition coefficient (Wildman–Crippen LogP) is 2.68. The number of benzene rings is 1. The molecule has 1 amide bonds. The molecule has 4 heteroatoms. The summed E-state index contributed by atoms with van der Waals surface area (Å²) in [6.07, 6.45) is 2.56. The van der Waals surface area contributed by atoms with Gasteiger partial charge in [-0.25, -0.2) is 0 Å². The van der Waals surface area contributed by atoms with Gasteiger partial charge >= 0.3 is 0 Å². The van der Waals surface area contributed by atoms with Crippen molar-refractivity contribution >= 4 is 11.7 Å². The predicted molar refractivity (Wildman–Crippen MR) is 82.2 cm³/mol. The summed E-state index contributed by atoms with van der Waals surface area (Å²) in [6.45, 7) is 5.74. The summed E-state index contributed by atoms with van der Waals surface area (Å²) in [5.74, 6) is 0.167. The van der Waals surface area contributed by atoms with Crippen LogP contribution in [0.2, 0.25) is 0 Å². The molecule has 1 atom stereocenters. The first-order valence-corrected chi connectivity index (χ1v) is 7.42.